The van der Waals surface area contributed by atoms with Gasteiger partial charge in [-0.05, 0) is 31.0 Å². The Kier molecular flexibility index (Phi) is 2.76. The summed E-state index contributed by atoms with van der Waals surface area (Å²) in [5.74, 6) is -0.0229. The number of nitrogens with one attached hydrogen (secondary N) is 1. The molecule has 1 fully saturated rings. The predicted octanol–water partition coefficient (Wildman–Crippen LogP) is 1.16. The van der Waals surface area contributed by atoms with Gasteiger partial charge in [-0.3, -0.25) is 4.79 Å². The zero-order valence-electron chi connectivity index (χ0n) is 9.97. The van der Waals surface area contributed by atoms with Crippen LogP contribution in [0.1, 0.15) is 23.2 Å². The molecule has 1 atom stereocenters. The van der Waals surface area contributed by atoms with Crippen molar-refractivity contribution in [3.05, 3.63) is 30.1 Å². The molecule has 2 aromatic rings. The Morgan fingerprint density at radius 1 is 1.50 bits per heavy atom. The van der Waals surface area contributed by atoms with Crippen molar-refractivity contribution >= 4 is 16.9 Å². The van der Waals surface area contributed by atoms with Crippen LogP contribution in [0.15, 0.2) is 24.5 Å². The molecule has 0 bridgehead atoms. The molecule has 1 aliphatic heterocycles. The first kappa shape index (κ1) is 11.2. The number of carbonyl (C=O) groups excluding carboxylic acids is 1. The van der Waals surface area contributed by atoms with E-state index in [0.29, 0.717) is 12.1 Å². The molecule has 1 aliphatic rings. The third-order valence-corrected chi connectivity index (χ3v) is 3.35. The number of piperidine rings is 1. The Hall–Kier alpha value is -1.88. The number of aromatic amines is 1. The number of aromatic nitrogens is 2. The number of carbonyl (C=O) groups is 1. The van der Waals surface area contributed by atoms with Crippen molar-refractivity contribution in [2.45, 2.75) is 18.9 Å². The average molecular weight is 245 g/mol. The maximum atomic E-state index is 12.3. The highest BCUT2D eigenvalue weighted by atomic mass is 16.3. The first-order valence-corrected chi connectivity index (χ1v) is 6.14. The quantitative estimate of drug-likeness (QED) is 0.792. The standard InChI is InChI=1S/C13H15N3O2/c17-10-2-1-5-16(7-10)13(18)9-3-4-11-12(6-9)15-8-14-11/h3-4,6,8,10,17H,1-2,5,7H2,(H,14,15)/t10-/m0/s1. The molecular formula is C13H15N3O2. The molecule has 0 spiro atoms. The zero-order valence-corrected chi connectivity index (χ0v) is 9.97. The summed E-state index contributed by atoms with van der Waals surface area (Å²) in [5.41, 5.74) is 2.35. The molecule has 0 saturated carbocycles. The lowest BCUT2D eigenvalue weighted by molar-refractivity contribution is 0.0474. The number of aliphatic hydroxyl groups excluding tert-OH is 1. The van der Waals surface area contributed by atoms with Gasteiger partial charge in [0.05, 0.1) is 23.5 Å². The molecule has 3 rings (SSSR count). The third-order valence-electron chi connectivity index (χ3n) is 3.35. The molecule has 1 amide bonds. The van der Waals surface area contributed by atoms with Crippen molar-refractivity contribution in [2.75, 3.05) is 13.1 Å². The Morgan fingerprint density at radius 3 is 3.22 bits per heavy atom. The number of hydrogen-bond donors (Lipinski definition) is 2. The highest BCUT2D eigenvalue weighted by Crippen LogP contribution is 2.16. The van der Waals surface area contributed by atoms with Crippen LogP contribution in [0.25, 0.3) is 11.0 Å². The summed E-state index contributed by atoms with van der Waals surface area (Å²) < 4.78 is 0. The van der Waals surface area contributed by atoms with E-state index in [9.17, 15) is 9.90 Å². The monoisotopic (exact) mass is 245 g/mol. The molecule has 0 radical (unpaired) electrons. The molecule has 1 aromatic heterocycles. The largest absolute Gasteiger partial charge is 0.391 e. The van der Waals surface area contributed by atoms with Crippen molar-refractivity contribution in [2.24, 2.45) is 0 Å². The van der Waals surface area contributed by atoms with Gasteiger partial charge in [0.2, 0.25) is 0 Å². The van der Waals surface area contributed by atoms with Crippen LogP contribution in [0.3, 0.4) is 0 Å². The van der Waals surface area contributed by atoms with E-state index < -0.39 is 6.10 Å². The summed E-state index contributed by atoms with van der Waals surface area (Å²) in [6.07, 6.45) is 2.87. The van der Waals surface area contributed by atoms with E-state index in [2.05, 4.69) is 9.97 Å². The van der Waals surface area contributed by atoms with Gasteiger partial charge in [0.25, 0.3) is 5.91 Å². The van der Waals surface area contributed by atoms with Gasteiger partial charge in [-0.15, -0.1) is 0 Å². The second-order valence-electron chi connectivity index (χ2n) is 4.68. The smallest absolute Gasteiger partial charge is 0.254 e. The van der Waals surface area contributed by atoms with E-state index in [1.165, 1.54) is 0 Å². The van der Waals surface area contributed by atoms with E-state index in [1.807, 2.05) is 12.1 Å². The molecule has 94 valence electrons. The van der Waals surface area contributed by atoms with Gasteiger partial charge in [0.15, 0.2) is 0 Å². The fourth-order valence-corrected chi connectivity index (χ4v) is 2.39. The van der Waals surface area contributed by atoms with Crippen LogP contribution >= 0.6 is 0 Å². The minimum atomic E-state index is -0.390. The van der Waals surface area contributed by atoms with Crippen molar-refractivity contribution in [3.63, 3.8) is 0 Å². The molecule has 18 heavy (non-hydrogen) atoms. The van der Waals surface area contributed by atoms with Gasteiger partial charge in [0.1, 0.15) is 0 Å². The number of aliphatic hydroxyl groups is 1. The van der Waals surface area contributed by atoms with E-state index >= 15 is 0 Å². The van der Waals surface area contributed by atoms with Crippen LogP contribution in [0, 0.1) is 0 Å². The topological polar surface area (TPSA) is 69.2 Å². The van der Waals surface area contributed by atoms with Gasteiger partial charge in [0, 0.05) is 18.7 Å². The van der Waals surface area contributed by atoms with Crippen LogP contribution in [0.5, 0.6) is 0 Å². The van der Waals surface area contributed by atoms with E-state index in [4.69, 9.17) is 0 Å². The second kappa shape index (κ2) is 4.42. The lowest BCUT2D eigenvalue weighted by Gasteiger charge is -2.30. The zero-order chi connectivity index (χ0) is 12.5. The summed E-state index contributed by atoms with van der Waals surface area (Å²) in [5, 5.41) is 9.60. The van der Waals surface area contributed by atoms with Gasteiger partial charge in [-0.1, -0.05) is 0 Å². The summed E-state index contributed by atoms with van der Waals surface area (Å²) in [6.45, 7) is 1.15. The minimum absolute atomic E-state index is 0.0229. The Morgan fingerprint density at radius 2 is 2.39 bits per heavy atom. The summed E-state index contributed by atoms with van der Waals surface area (Å²) in [4.78, 5) is 21.1. The predicted molar refractivity (Wildman–Crippen MR) is 67.2 cm³/mol. The van der Waals surface area contributed by atoms with E-state index in [1.54, 1.807) is 17.3 Å². The van der Waals surface area contributed by atoms with Gasteiger partial charge in [-0.25, -0.2) is 4.98 Å². The number of fused-ring (bicyclic) bond motifs is 1. The number of nitrogens with zero attached hydrogens (tertiary/aromatic N) is 2. The molecular weight excluding hydrogens is 230 g/mol. The lowest BCUT2D eigenvalue weighted by atomic mass is 10.1. The number of benzene rings is 1. The lowest BCUT2D eigenvalue weighted by Crippen LogP contribution is -2.42. The molecule has 5 heteroatoms. The maximum Gasteiger partial charge on any atom is 0.254 e. The van der Waals surface area contributed by atoms with Crippen LogP contribution in [0.2, 0.25) is 0 Å². The van der Waals surface area contributed by atoms with Crippen LogP contribution in [-0.4, -0.2) is 45.1 Å². The second-order valence-corrected chi connectivity index (χ2v) is 4.68. The fourth-order valence-electron chi connectivity index (χ4n) is 2.39. The minimum Gasteiger partial charge on any atom is -0.391 e. The Labute approximate surface area is 104 Å². The number of amides is 1. The van der Waals surface area contributed by atoms with E-state index in [0.717, 1.165) is 30.4 Å². The van der Waals surface area contributed by atoms with Crippen molar-refractivity contribution < 1.29 is 9.90 Å². The molecule has 0 unspecified atom stereocenters. The van der Waals surface area contributed by atoms with Gasteiger partial charge < -0.3 is 15.0 Å². The Bertz CT molecular complexity index is 578. The summed E-state index contributed by atoms with van der Waals surface area (Å²) in [7, 11) is 0. The van der Waals surface area contributed by atoms with Crippen molar-refractivity contribution in [1.82, 2.24) is 14.9 Å². The number of hydrogen-bond acceptors (Lipinski definition) is 3. The van der Waals surface area contributed by atoms with E-state index in [-0.39, 0.29) is 5.91 Å². The highest BCUT2D eigenvalue weighted by molar-refractivity contribution is 5.97. The molecule has 5 nitrogen and oxygen atoms in total. The number of likely N-dealkylation sites (tertiary alicyclic amines) is 1. The van der Waals surface area contributed by atoms with Crippen LogP contribution < -0.4 is 0 Å². The summed E-state index contributed by atoms with van der Waals surface area (Å²) in [6, 6.07) is 5.43. The van der Waals surface area contributed by atoms with Crippen molar-refractivity contribution in [1.29, 1.82) is 0 Å². The third kappa shape index (κ3) is 1.97. The van der Waals surface area contributed by atoms with Crippen molar-refractivity contribution in [3.8, 4) is 0 Å². The average Bonchev–Trinajstić information content (AvgIpc) is 2.85. The number of imidazole rings is 1. The van der Waals surface area contributed by atoms with Crippen LogP contribution in [-0.2, 0) is 0 Å². The first-order chi connectivity index (χ1) is 8.74. The van der Waals surface area contributed by atoms with Crippen LogP contribution in [0.4, 0.5) is 0 Å². The van der Waals surface area contributed by atoms with Gasteiger partial charge >= 0.3 is 0 Å². The first-order valence-electron chi connectivity index (χ1n) is 6.14. The highest BCUT2D eigenvalue weighted by Gasteiger charge is 2.23. The fraction of sp³-hybridized carbons (Fsp3) is 0.385. The molecule has 1 saturated heterocycles. The number of β-amino-alcohol motifs (C(OH)–C–C–N with tert-alkyl or cyclic N) is 1. The SMILES string of the molecule is O=C(c1ccc2nc[nH]c2c1)N1CCC[C@H](O)C1. The normalized spacial score (nSPS) is 20.3. The molecule has 2 heterocycles. The number of rotatable bonds is 1. The van der Waals surface area contributed by atoms with Gasteiger partial charge in [-0.2, -0.15) is 0 Å². The summed E-state index contributed by atoms with van der Waals surface area (Å²) >= 11 is 0. The molecule has 1 aromatic carbocycles. The Balaban J connectivity index is 1.86. The number of H-pyrrole nitrogens is 1. The maximum absolute atomic E-state index is 12.3. The molecule has 2 N–H and O–H groups in total. The molecule has 0 aliphatic carbocycles.